The summed E-state index contributed by atoms with van der Waals surface area (Å²) in [6.45, 7) is 11.4. The summed E-state index contributed by atoms with van der Waals surface area (Å²) in [4.78, 5) is 2.48. The molecule has 2 heteroatoms. The number of likely N-dealkylation sites (tertiary alicyclic amines) is 1. The number of fused-ring (bicyclic) bond motifs is 2. The highest BCUT2D eigenvalue weighted by molar-refractivity contribution is 5.11. The topological polar surface area (TPSA) is 15.3 Å². The average Bonchev–Trinajstić information content (AvgIpc) is 2.87. The molecule has 0 amide bonds. The van der Waals surface area contributed by atoms with Crippen LogP contribution in [-0.4, -0.2) is 37.6 Å². The lowest BCUT2D eigenvalue weighted by Gasteiger charge is -2.43. The summed E-state index contributed by atoms with van der Waals surface area (Å²) in [5, 5.41) is 3.99. The molecule has 2 saturated carbocycles. The van der Waals surface area contributed by atoms with Gasteiger partial charge in [0.2, 0.25) is 0 Å². The van der Waals surface area contributed by atoms with E-state index in [1.165, 1.54) is 58.2 Å². The first-order valence-corrected chi connectivity index (χ1v) is 8.84. The van der Waals surface area contributed by atoms with Gasteiger partial charge in [0.05, 0.1) is 0 Å². The molecule has 3 atom stereocenters. The SMILES string of the molecule is CN1CCC(CCNC2C3(C)CCC(C3)C2(C)C)CC1. The first kappa shape index (κ1) is 14.8. The van der Waals surface area contributed by atoms with E-state index in [9.17, 15) is 0 Å². The van der Waals surface area contributed by atoms with Gasteiger partial charge in [-0.25, -0.2) is 0 Å². The molecule has 0 aromatic carbocycles. The average molecular weight is 278 g/mol. The maximum absolute atomic E-state index is 3.99. The Hall–Kier alpha value is -0.0800. The van der Waals surface area contributed by atoms with Gasteiger partial charge in [-0.05, 0) is 87.9 Å². The van der Waals surface area contributed by atoms with Gasteiger partial charge < -0.3 is 10.2 Å². The predicted octanol–water partition coefficient (Wildman–Crippen LogP) is 3.52. The molecule has 3 unspecified atom stereocenters. The molecule has 1 saturated heterocycles. The lowest BCUT2D eigenvalue weighted by Crippen LogP contribution is -2.50. The van der Waals surface area contributed by atoms with Gasteiger partial charge in [0.15, 0.2) is 0 Å². The Kier molecular flexibility index (Phi) is 3.92. The Morgan fingerprint density at radius 1 is 1.10 bits per heavy atom. The Morgan fingerprint density at radius 2 is 1.80 bits per heavy atom. The van der Waals surface area contributed by atoms with E-state index in [2.05, 4.69) is 38.0 Å². The van der Waals surface area contributed by atoms with Crippen LogP contribution in [0.15, 0.2) is 0 Å². The second-order valence-corrected chi connectivity index (χ2v) is 8.84. The van der Waals surface area contributed by atoms with Gasteiger partial charge >= 0.3 is 0 Å². The highest BCUT2D eigenvalue weighted by Crippen LogP contribution is 2.62. The molecule has 1 heterocycles. The van der Waals surface area contributed by atoms with Crippen molar-refractivity contribution in [2.75, 3.05) is 26.7 Å². The zero-order valence-electron chi connectivity index (χ0n) is 14.0. The second kappa shape index (κ2) is 5.28. The molecule has 0 aromatic rings. The van der Waals surface area contributed by atoms with Crippen molar-refractivity contribution in [3.63, 3.8) is 0 Å². The van der Waals surface area contributed by atoms with E-state index in [0.29, 0.717) is 10.8 Å². The summed E-state index contributed by atoms with van der Waals surface area (Å²) in [5.41, 5.74) is 1.10. The molecule has 3 aliphatic rings. The molecule has 3 rings (SSSR count). The Morgan fingerprint density at radius 3 is 2.40 bits per heavy atom. The monoisotopic (exact) mass is 278 g/mol. The van der Waals surface area contributed by atoms with Crippen LogP contribution in [0, 0.1) is 22.7 Å². The van der Waals surface area contributed by atoms with Crippen LogP contribution in [0.1, 0.15) is 59.3 Å². The Labute approximate surface area is 125 Å². The molecule has 116 valence electrons. The predicted molar refractivity (Wildman–Crippen MR) is 85.9 cm³/mol. The quantitative estimate of drug-likeness (QED) is 0.846. The molecule has 3 fully saturated rings. The van der Waals surface area contributed by atoms with Crippen molar-refractivity contribution in [3.8, 4) is 0 Å². The van der Waals surface area contributed by atoms with Crippen LogP contribution in [0.3, 0.4) is 0 Å². The summed E-state index contributed by atoms with van der Waals surface area (Å²) in [6.07, 6.45) is 8.59. The van der Waals surface area contributed by atoms with Crippen LogP contribution in [0.25, 0.3) is 0 Å². The van der Waals surface area contributed by atoms with Gasteiger partial charge in [-0.2, -0.15) is 0 Å². The van der Waals surface area contributed by atoms with E-state index in [0.717, 1.165) is 17.9 Å². The van der Waals surface area contributed by atoms with E-state index in [4.69, 9.17) is 0 Å². The highest BCUT2D eigenvalue weighted by atomic mass is 15.1. The van der Waals surface area contributed by atoms with Crippen molar-refractivity contribution in [1.29, 1.82) is 0 Å². The third-order valence-corrected chi connectivity index (χ3v) is 7.01. The maximum Gasteiger partial charge on any atom is 0.0175 e. The fourth-order valence-corrected chi connectivity index (χ4v) is 5.59. The number of nitrogens with zero attached hydrogens (tertiary/aromatic N) is 1. The normalized spacial score (nSPS) is 41.4. The molecule has 0 aromatic heterocycles. The van der Waals surface area contributed by atoms with Gasteiger partial charge in [0.1, 0.15) is 0 Å². The molecule has 1 aliphatic heterocycles. The molecule has 2 bridgehead atoms. The number of hydrogen-bond donors (Lipinski definition) is 1. The first-order chi connectivity index (χ1) is 9.42. The Balaban J connectivity index is 1.49. The minimum atomic E-state index is 0.514. The highest BCUT2D eigenvalue weighted by Gasteiger charge is 2.58. The summed E-state index contributed by atoms with van der Waals surface area (Å²) in [6, 6.07) is 0.750. The minimum Gasteiger partial charge on any atom is -0.313 e. The van der Waals surface area contributed by atoms with E-state index in [1.807, 2.05) is 0 Å². The second-order valence-electron chi connectivity index (χ2n) is 8.84. The zero-order chi connectivity index (χ0) is 14.4. The standard InChI is InChI=1S/C18H34N2/c1-17(2)15-5-9-18(3,13-15)16(17)19-10-6-14-7-11-20(4)12-8-14/h14-16,19H,5-13H2,1-4H3. The summed E-state index contributed by atoms with van der Waals surface area (Å²) in [5.74, 6) is 1.93. The Bertz CT molecular complexity index is 339. The van der Waals surface area contributed by atoms with Gasteiger partial charge in [0.25, 0.3) is 0 Å². The molecule has 20 heavy (non-hydrogen) atoms. The third kappa shape index (κ3) is 2.54. The lowest BCUT2D eigenvalue weighted by molar-refractivity contribution is 0.106. The molecule has 2 nitrogen and oxygen atoms in total. The fourth-order valence-electron chi connectivity index (χ4n) is 5.59. The van der Waals surface area contributed by atoms with E-state index >= 15 is 0 Å². The van der Waals surface area contributed by atoms with Crippen molar-refractivity contribution < 1.29 is 0 Å². The minimum absolute atomic E-state index is 0.514. The van der Waals surface area contributed by atoms with Crippen molar-refractivity contribution >= 4 is 0 Å². The van der Waals surface area contributed by atoms with Crippen molar-refractivity contribution in [2.24, 2.45) is 22.7 Å². The van der Waals surface area contributed by atoms with Crippen LogP contribution in [0.4, 0.5) is 0 Å². The molecule has 0 radical (unpaired) electrons. The smallest absolute Gasteiger partial charge is 0.0175 e. The van der Waals surface area contributed by atoms with Gasteiger partial charge in [-0.3, -0.25) is 0 Å². The molecule has 1 N–H and O–H groups in total. The maximum atomic E-state index is 3.99. The van der Waals surface area contributed by atoms with Crippen LogP contribution >= 0.6 is 0 Å². The summed E-state index contributed by atoms with van der Waals surface area (Å²) in [7, 11) is 2.26. The van der Waals surface area contributed by atoms with Crippen LogP contribution in [0.5, 0.6) is 0 Å². The van der Waals surface area contributed by atoms with E-state index < -0.39 is 0 Å². The number of piperidine rings is 1. The van der Waals surface area contributed by atoms with Crippen molar-refractivity contribution in [2.45, 2.75) is 65.3 Å². The first-order valence-electron chi connectivity index (χ1n) is 8.84. The van der Waals surface area contributed by atoms with Crippen molar-refractivity contribution in [1.82, 2.24) is 10.2 Å². The van der Waals surface area contributed by atoms with Crippen LogP contribution < -0.4 is 5.32 Å². The molecular weight excluding hydrogens is 244 g/mol. The fraction of sp³-hybridized carbons (Fsp3) is 1.00. The molecule has 0 spiro atoms. The van der Waals surface area contributed by atoms with Gasteiger partial charge in [-0.15, -0.1) is 0 Å². The van der Waals surface area contributed by atoms with Gasteiger partial charge in [-0.1, -0.05) is 20.8 Å². The van der Waals surface area contributed by atoms with E-state index in [-0.39, 0.29) is 0 Å². The van der Waals surface area contributed by atoms with E-state index in [1.54, 1.807) is 0 Å². The molecular formula is C18H34N2. The molecule has 2 aliphatic carbocycles. The largest absolute Gasteiger partial charge is 0.313 e. The summed E-state index contributed by atoms with van der Waals surface area (Å²) < 4.78 is 0. The number of nitrogens with one attached hydrogen (secondary N) is 1. The zero-order valence-corrected chi connectivity index (χ0v) is 14.0. The third-order valence-electron chi connectivity index (χ3n) is 7.01. The van der Waals surface area contributed by atoms with Crippen molar-refractivity contribution in [3.05, 3.63) is 0 Å². The lowest BCUT2D eigenvalue weighted by atomic mass is 9.68. The summed E-state index contributed by atoms with van der Waals surface area (Å²) >= 11 is 0. The van der Waals surface area contributed by atoms with Crippen LogP contribution in [-0.2, 0) is 0 Å². The van der Waals surface area contributed by atoms with Crippen LogP contribution in [0.2, 0.25) is 0 Å². The van der Waals surface area contributed by atoms with Gasteiger partial charge in [0, 0.05) is 6.04 Å². The number of rotatable bonds is 4. The number of hydrogen-bond acceptors (Lipinski definition) is 2.